The van der Waals surface area contributed by atoms with Crippen molar-refractivity contribution in [3.8, 4) is 5.75 Å². The van der Waals surface area contributed by atoms with Crippen LogP contribution in [0.2, 0.25) is 0 Å². The Kier molecular flexibility index (Phi) is 4.13. The van der Waals surface area contributed by atoms with Crippen LogP contribution in [0.5, 0.6) is 5.75 Å². The van der Waals surface area contributed by atoms with E-state index in [1.165, 1.54) is 46.1 Å². The van der Waals surface area contributed by atoms with Gasteiger partial charge in [-0.15, -0.1) is 22.9 Å². The highest BCUT2D eigenvalue weighted by Gasteiger charge is 2.12. The molecule has 7 heteroatoms. The van der Waals surface area contributed by atoms with Gasteiger partial charge in [0, 0.05) is 10.9 Å². The first-order valence-corrected chi connectivity index (χ1v) is 7.89. The Balaban J connectivity index is 1.89. The molecule has 2 aromatic heterocycles. The fourth-order valence-electron chi connectivity index (χ4n) is 2.09. The molecule has 0 bridgehead atoms. The number of fused-ring (bicyclic) bond motifs is 1. The number of hydrogen-bond donors (Lipinski definition) is 0. The van der Waals surface area contributed by atoms with E-state index in [1.807, 2.05) is 6.92 Å². The molecule has 0 atom stereocenters. The van der Waals surface area contributed by atoms with E-state index >= 15 is 0 Å². The van der Waals surface area contributed by atoms with E-state index < -0.39 is 0 Å². The summed E-state index contributed by atoms with van der Waals surface area (Å²) in [5.41, 5.74) is 1.12. The molecule has 0 amide bonds. The Morgan fingerprint density at radius 2 is 2.09 bits per heavy atom. The molecule has 0 spiro atoms. The maximum Gasteiger partial charge on any atom is 0.259 e. The molecule has 0 aliphatic rings. The summed E-state index contributed by atoms with van der Waals surface area (Å²) in [6.07, 6.45) is 0. The topological polar surface area (TPSA) is 43.6 Å². The number of rotatable bonds is 4. The molecular weight excluding hydrogens is 327 g/mol. The van der Waals surface area contributed by atoms with Crippen molar-refractivity contribution in [3.63, 3.8) is 0 Å². The van der Waals surface area contributed by atoms with Gasteiger partial charge >= 0.3 is 0 Å². The predicted molar refractivity (Wildman–Crippen MR) is 84.4 cm³/mol. The van der Waals surface area contributed by atoms with Crippen molar-refractivity contribution in [1.29, 1.82) is 0 Å². The van der Waals surface area contributed by atoms with Gasteiger partial charge < -0.3 is 4.74 Å². The van der Waals surface area contributed by atoms with Gasteiger partial charge in [-0.3, -0.25) is 9.20 Å². The Bertz CT molecular complexity index is 874. The molecule has 114 valence electrons. The lowest BCUT2D eigenvalue weighted by atomic mass is 10.3. The molecule has 4 nitrogen and oxygen atoms in total. The summed E-state index contributed by atoms with van der Waals surface area (Å²) in [5, 5.41) is 0. The third kappa shape index (κ3) is 2.84. The summed E-state index contributed by atoms with van der Waals surface area (Å²) in [4.78, 5) is 18.2. The van der Waals surface area contributed by atoms with Crippen molar-refractivity contribution in [2.45, 2.75) is 19.4 Å². The van der Waals surface area contributed by atoms with Gasteiger partial charge in [0.1, 0.15) is 18.2 Å². The first kappa shape index (κ1) is 15.0. The molecule has 0 saturated heterocycles. The van der Waals surface area contributed by atoms with Crippen LogP contribution >= 0.6 is 22.9 Å². The monoisotopic (exact) mass is 338 g/mol. The normalized spacial score (nSPS) is 11.0. The van der Waals surface area contributed by atoms with Crippen molar-refractivity contribution in [1.82, 2.24) is 9.38 Å². The van der Waals surface area contributed by atoms with Gasteiger partial charge in [-0.2, -0.15) is 0 Å². The predicted octanol–water partition coefficient (Wildman–Crippen LogP) is 3.52. The quantitative estimate of drug-likeness (QED) is 0.684. The first-order chi connectivity index (χ1) is 10.6. The number of thiazole rings is 1. The molecule has 0 radical (unpaired) electrons. The average Bonchev–Trinajstić information content (AvgIpc) is 2.82. The van der Waals surface area contributed by atoms with Crippen LogP contribution in [-0.2, 0) is 12.5 Å². The second-order valence-electron chi connectivity index (χ2n) is 4.68. The Morgan fingerprint density at radius 3 is 2.77 bits per heavy atom. The van der Waals surface area contributed by atoms with E-state index in [0.29, 0.717) is 16.4 Å². The number of ether oxygens (including phenoxy) is 1. The van der Waals surface area contributed by atoms with Gasteiger partial charge in [-0.25, -0.2) is 9.37 Å². The van der Waals surface area contributed by atoms with E-state index in [4.69, 9.17) is 16.3 Å². The molecular formula is C15H12ClFN2O2S. The van der Waals surface area contributed by atoms with Gasteiger partial charge in [-0.05, 0) is 31.2 Å². The molecule has 0 fully saturated rings. The van der Waals surface area contributed by atoms with Gasteiger partial charge in [0.05, 0.1) is 17.3 Å². The van der Waals surface area contributed by atoms with E-state index in [0.717, 1.165) is 10.6 Å². The van der Waals surface area contributed by atoms with Crippen LogP contribution in [0.25, 0.3) is 4.96 Å². The zero-order valence-electron chi connectivity index (χ0n) is 11.7. The van der Waals surface area contributed by atoms with Crippen LogP contribution in [0.4, 0.5) is 4.39 Å². The third-order valence-electron chi connectivity index (χ3n) is 3.19. The number of aryl methyl sites for hydroxylation is 1. The number of benzene rings is 1. The van der Waals surface area contributed by atoms with Crippen molar-refractivity contribution in [3.05, 3.63) is 62.8 Å². The molecule has 1 aromatic carbocycles. The number of hydrogen-bond acceptors (Lipinski definition) is 4. The Hall–Kier alpha value is -1.92. The van der Waals surface area contributed by atoms with Crippen LogP contribution in [0.1, 0.15) is 16.3 Å². The maximum absolute atomic E-state index is 12.8. The molecule has 0 saturated carbocycles. The van der Waals surface area contributed by atoms with E-state index in [9.17, 15) is 9.18 Å². The summed E-state index contributed by atoms with van der Waals surface area (Å²) < 4.78 is 19.9. The molecule has 2 heterocycles. The van der Waals surface area contributed by atoms with Crippen LogP contribution in [0.15, 0.2) is 35.1 Å². The van der Waals surface area contributed by atoms with Crippen LogP contribution < -0.4 is 10.3 Å². The van der Waals surface area contributed by atoms with Crippen LogP contribution in [0.3, 0.4) is 0 Å². The van der Waals surface area contributed by atoms with Gasteiger partial charge in [0.15, 0.2) is 4.96 Å². The number of alkyl halides is 1. The zero-order chi connectivity index (χ0) is 15.7. The van der Waals surface area contributed by atoms with Crippen molar-refractivity contribution < 1.29 is 9.13 Å². The fraction of sp³-hybridized carbons (Fsp3) is 0.200. The lowest BCUT2D eigenvalue weighted by molar-refractivity contribution is 0.301. The molecule has 3 aromatic rings. The first-order valence-electron chi connectivity index (χ1n) is 6.54. The summed E-state index contributed by atoms with van der Waals surface area (Å²) >= 11 is 7.30. The molecule has 0 unspecified atom stereocenters. The number of aromatic nitrogens is 2. The van der Waals surface area contributed by atoms with E-state index in [2.05, 4.69) is 4.98 Å². The lowest BCUT2D eigenvalue weighted by Crippen LogP contribution is -2.17. The standard InChI is InChI=1S/C15H12ClFN2O2S/c1-9-13(7-16)19-14(20)6-11(18-15(19)22-9)8-21-12-4-2-10(17)3-5-12/h2-6H,7-8H2,1H3. The van der Waals surface area contributed by atoms with Gasteiger partial charge in [-0.1, -0.05) is 0 Å². The summed E-state index contributed by atoms with van der Waals surface area (Å²) in [6.45, 7) is 2.05. The fourth-order valence-corrected chi connectivity index (χ4v) is 3.50. The number of halogens is 2. The molecule has 0 N–H and O–H groups in total. The van der Waals surface area contributed by atoms with Crippen molar-refractivity contribution in [2.75, 3.05) is 0 Å². The minimum absolute atomic E-state index is 0.143. The van der Waals surface area contributed by atoms with Crippen LogP contribution in [0, 0.1) is 12.7 Å². The summed E-state index contributed by atoms with van der Waals surface area (Å²) in [6, 6.07) is 7.12. The second-order valence-corrected chi connectivity index (χ2v) is 6.13. The van der Waals surface area contributed by atoms with E-state index in [1.54, 1.807) is 0 Å². The van der Waals surface area contributed by atoms with Crippen molar-refractivity contribution >= 4 is 27.9 Å². The van der Waals surface area contributed by atoms with E-state index in [-0.39, 0.29) is 23.9 Å². The smallest absolute Gasteiger partial charge is 0.259 e. The highest BCUT2D eigenvalue weighted by Crippen LogP contribution is 2.21. The van der Waals surface area contributed by atoms with Crippen molar-refractivity contribution in [2.24, 2.45) is 0 Å². The molecule has 22 heavy (non-hydrogen) atoms. The third-order valence-corrected chi connectivity index (χ3v) is 4.44. The zero-order valence-corrected chi connectivity index (χ0v) is 13.2. The highest BCUT2D eigenvalue weighted by atomic mass is 35.5. The summed E-state index contributed by atoms with van der Waals surface area (Å²) in [5.74, 6) is 0.457. The molecule has 3 rings (SSSR count). The summed E-state index contributed by atoms with van der Waals surface area (Å²) in [7, 11) is 0. The molecule has 0 aliphatic carbocycles. The Morgan fingerprint density at radius 1 is 1.36 bits per heavy atom. The van der Waals surface area contributed by atoms with Gasteiger partial charge in [0.25, 0.3) is 5.56 Å². The average molecular weight is 339 g/mol. The minimum atomic E-state index is -0.326. The largest absolute Gasteiger partial charge is 0.487 e. The minimum Gasteiger partial charge on any atom is -0.487 e. The lowest BCUT2D eigenvalue weighted by Gasteiger charge is -2.06. The molecule has 0 aliphatic heterocycles. The van der Waals surface area contributed by atoms with Gasteiger partial charge in [0.2, 0.25) is 0 Å². The number of nitrogens with zero attached hydrogens (tertiary/aromatic N) is 2. The SMILES string of the molecule is Cc1sc2nc(COc3ccc(F)cc3)cc(=O)n2c1CCl. The Labute approximate surface area is 134 Å². The second kappa shape index (κ2) is 6.06. The maximum atomic E-state index is 12.8. The van der Waals surface area contributed by atoms with Crippen LogP contribution in [-0.4, -0.2) is 9.38 Å². The highest BCUT2D eigenvalue weighted by molar-refractivity contribution is 7.17.